The van der Waals surface area contributed by atoms with Crippen molar-refractivity contribution in [1.29, 1.82) is 0 Å². The molecular formula is C85H115N5. The maximum atomic E-state index is 4.40. The summed E-state index contributed by atoms with van der Waals surface area (Å²) in [6, 6.07) is 40.4. The van der Waals surface area contributed by atoms with E-state index in [-0.39, 0.29) is 0 Å². The average Bonchev–Trinajstić information content (AvgIpc) is 1.17. The Morgan fingerprint density at radius 2 is 0.567 bits per heavy atom. The Labute approximate surface area is 547 Å². The van der Waals surface area contributed by atoms with Crippen LogP contribution in [0.1, 0.15) is 183 Å². The third-order valence-electron chi connectivity index (χ3n) is 16.0. The van der Waals surface area contributed by atoms with Crippen molar-refractivity contribution in [3.8, 4) is 0 Å². The van der Waals surface area contributed by atoms with Crippen LogP contribution in [0.4, 0.5) is 0 Å². The molecule has 0 saturated heterocycles. The van der Waals surface area contributed by atoms with E-state index in [1.165, 1.54) is 143 Å². The smallest absolute Gasteiger partial charge is 0.0707 e. The first-order valence-corrected chi connectivity index (χ1v) is 33.2. The van der Waals surface area contributed by atoms with Crippen LogP contribution in [0.15, 0.2) is 152 Å². The molecule has 0 atom stereocenters. The quantitative estimate of drug-likeness (QED) is 0.151. The lowest BCUT2D eigenvalue weighted by molar-refractivity contribution is 1.17. The van der Waals surface area contributed by atoms with Crippen LogP contribution in [0.25, 0.3) is 64.9 Å². The van der Waals surface area contributed by atoms with E-state index in [0.29, 0.717) is 0 Å². The zero-order valence-electron chi connectivity index (χ0n) is 61.7. The molecule has 5 nitrogen and oxygen atoms in total. The molecule has 0 aliphatic carbocycles. The third-order valence-corrected chi connectivity index (χ3v) is 16.0. The summed E-state index contributed by atoms with van der Waals surface area (Å²) in [4.78, 5) is 21.6. The molecule has 0 saturated carbocycles. The van der Waals surface area contributed by atoms with E-state index in [4.69, 9.17) is 0 Å². The Morgan fingerprint density at radius 3 is 1.10 bits per heavy atom. The van der Waals surface area contributed by atoms with Gasteiger partial charge in [-0.15, -0.1) is 0 Å². The second-order valence-corrected chi connectivity index (χ2v) is 21.3. The molecule has 0 amide bonds. The Morgan fingerprint density at radius 1 is 0.200 bits per heavy atom. The van der Waals surface area contributed by atoms with Crippen LogP contribution in [0.5, 0.6) is 0 Å². The van der Waals surface area contributed by atoms with E-state index < -0.39 is 0 Å². The van der Waals surface area contributed by atoms with Crippen LogP contribution < -0.4 is 0 Å². The number of pyridine rings is 5. The van der Waals surface area contributed by atoms with Gasteiger partial charge in [0.25, 0.3) is 0 Å². The lowest BCUT2D eigenvalue weighted by atomic mass is 9.97. The number of aryl methyl sites for hydroxylation is 18. The second kappa shape index (κ2) is 41.2. The highest BCUT2D eigenvalue weighted by atomic mass is 14.7. The molecule has 480 valence electrons. The van der Waals surface area contributed by atoms with Gasteiger partial charge in [0, 0.05) is 75.5 Å². The standard InChI is InChI=1S/C13H14.5C12H13N.6C2H6/c1-9-7-8-12-6-4-5-10(2)13(12)11(9)3;1-8-4-5-11-7-13-6-9(2)12(11)10(8)3;1-8-4-5-11-6-7-13-10(3)12(11)9(8)2;1-8-4-5-11-12(10(8)3)9(2)6-7-13-11;1-8-5-4-6-11-7-13-10(3)9(2)12(8)11;1-8-5-4-6-11-12(8)10(3)9(2)7-13-11;6*1-2/h4-8H,1-3H3;5*4-7H,1-3H3;6*1-2H3. The molecule has 0 fully saturated rings. The summed E-state index contributed by atoms with van der Waals surface area (Å²) in [5.74, 6) is 0. The fraction of sp³-hybridized carbons (Fsp3) is 0.353. The minimum Gasteiger partial charge on any atom is -0.264 e. The first kappa shape index (κ1) is 79.9. The predicted octanol–water partition coefficient (Wildman–Crippen LogP) is 25.7. The number of fused-ring (bicyclic) bond motifs is 6. The highest BCUT2D eigenvalue weighted by Gasteiger charge is 2.08. The van der Waals surface area contributed by atoms with Gasteiger partial charge in [-0.3, -0.25) is 24.9 Å². The molecule has 12 rings (SSSR count). The molecule has 7 aromatic carbocycles. The first-order valence-electron chi connectivity index (χ1n) is 33.2. The van der Waals surface area contributed by atoms with Gasteiger partial charge in [-0.05, 0) is 265 Å². The number of hydrogen-bond donors (Lipinski definition) is 0. The summed E-state index contributed by atoms with van der Waals surface area (Å²) >= 11 is 0. The van der Waals surface area contributed by atoms with Crippen LogP contribution in [-0.2, 0) is 0 Å². The van der Waals surface area contributed by atoms with E-state index in [2.05, 4.69) is 265 Å². The summed E-state index contributed by atoms with van der Waals surface area (Å²) in [5, 5.41) is 13.2. The zero-order valence-corrected chi connectivity index (χ0v) is 61.7. The Balaban J connectivity index is 0.000000522. The van der Waals surface area contributed by atoms with Crippen LogP contribution in [0, 0.1) is 125 Å². The molecule has 0 aliphatic rings. The van der Waals surface area contributed by atoms with Crippen LogP contribution >= 0.6 is 0 Å². The molecular weight excluding hydrogens is 1090 g/mol. The predicted molar refractivity (Wildman–Crippen MR) is 406 cm³/mol. The number of hydrogen-bond acceptors (Lipinski definition) is 5. The van der Waals surface area contributed by atoms with Gasteiger partial charge in [0.1, 0.15) is 0 Å². The fourth-order valence-electron chi connectivity index (χ4n) is 10.6. The molecule has 5 heteroatoms. The van der Waals surface area contributed by atoms with Gasteiger partial charge in [-0.1, -0.05) is 174 Å². The van der Waals surface area contributed by atoms with Crippen LogP contribution in [-0.4, -0.2) is 24.9 Å². The molecule has 0 N–H and O–H groups in total. The van der Waals surface area contributed by atoms with E-state index in [1.807, 2.05) is 120 Å². The maximum Gasteiger partial charge on any atom is 0.0707 e. The zero-order chi connectivity index (χ0) is 68.5. The van der Waals surface area contributed by atoms with Gasteiger partial charge in [0.2, 0.25) is 0 Å². The van der Waals surface area contributed by atoms with E-state index in [0.717, 1.165) is 22.4 Å². The molecule has 0 radical (unpaired) electrons. The number of aromatic nitrogens is 5. The minimum atomic E-state index is 1.10. The molecule has 0 unspecified atom stereocenters. The highest BCUT2D eigenvalue weighted by molar-refractivity contribution is 5.92. The van der Waals surface area contributed by atoms with Crippen molar-refractivity contribution in [2.75, 3.05) is 0 Å². The van der Waals surface area contributed by atoms with Gasteiger partial charge in [0.15, 0.2) is 0 Å². The lowest BCUT2D eigenvalue weighted by Gasteiger charge is -2.07. The van der Waals surface area contributed by atoms with Crippen molar-refractivity contribution in [2.45, 2.75) is 208 Å². The largest absolute Gasteiger partial charge is 0.264 e. The fourth-order valence-corrected chi connectivity index (χ4v) is 10.6. The van der Waals surface area contributed by atoms with Crippen LogP contribution in [0.2, 0.25) is 0 Å². The highest BCUT2D eigenvalue weighted by Crippen LogP contribution is 2.28. The number of benzene rings is 7. The molecule has 0 bridgehead atoms. The van der Waals surface area contributed by atoms with Gasteiger partial charge in [0.05, 0.1) is 11.0 Å². The molecule has 90 heavy (non-hydrogen) atoms. The first-order chi connectivity index (χ1) is 43.2. The van der Waals surface area contributed by atoms with E-state index in [9.17, 15) is 0 Å². The van der Waals surface area contributed by atoms with Gasteiger partial charge in [-0.2, -0.15) is 0 Å². The van der Waals surface area contributed by atoms with E-state index >= 15 is 0 Å². The normalized spacial score (nSPS) is 9.67. The molecule has 12 aromatic rings. The van der Waals surface area contributed by atoms with Crippen molar-refractivity contribution in [3.63, 3.8) is 0 Å². The summed E-state index contributed by atoms with van der Waals surface area (Å²) in [5.41, 5.74) is 25.8. The topological polar surface area (TPSA) is 64.5 Å². The van der Waals surface area contributed by atoms with Crippen molar-refractivity contribution in [3.05, 3.63) is 253 Å². The SMILES string of the molecule is CC.CC.CC.CC.CC.CC.Cc1ccc2cccc(C)c2c1C.Cc1ccc2ccnc(C)c2c1C.Cc1ccc2cncc(C)c2c1C.Cc1ccc2nccc(C)c2c1C.Cc1cnc2cccc(C)c2c1C.Cc1ncc2cccc(C)c2c1C. The molecule has 5 heterocycles. The third kappa shape index (κ3) is 21.0. The Bertz CT molecular complexity index is 3440. The summed E-state index contributed by atoms with van der Waals surface area (Å²) in [6.45, 7) is 62.5. The van der Waals surface area contributed by atoms with Crippen molar-refractivity contribution in [2.24, 2.45) is 0 Å². The Hall–Kier alpha value is -8.15. The van der Waals surface area contributed by atoms with Gasteiger partial charge in [-0.25, -0.2) is 0 Å². The summed E-state index contributed by atoms with van der Waals surface area (Å²) < 4.78 is 0. The molecule has 0 aliphatic heterocycles. The average molecular weight is 1210 g/mol. The second-order valence-electron chi connectivity index (χ2n) is 21.3. The van der Waals surface area contributed by atoms with Crippen LogP contribution in [0.3, 0.4) is 0 Å². The molecule has 5 aromatic heterocycles. The lowest BCUT2D eigenvalue weighted by Crippen LogP contribution is -1.90. The summed E-state index contributed by atoms with van der Waals surface area (Å²) in [6.07, 6.45) is 11.5. The van der Waals surface area contributed by atoms with E-state index in [1.54, 1.807) is 0 Å². The summed E-state index contributed by atoms with van der Waals surface area (Å²) in [7, 11) is 0. The van der Waals surface area contributed by atoms with Crippen molar-refractivity contribution < 1.29 is 0 Å². The molecule has 0 spiro atoms. The monoisotopic (exact) mass is 1210 g/mol. The number of rotatable bonds is 0. The number of nitrogens with zero attached hydrogens (tertiary/aromatic N) is 5. The van der Waals surface area contributed by atoms with Crippen molar-refractivity contribution >= 4 is 64.9 Å². The Kier molecular flexibility index (Phi) is 36.6. The van der Waals surface area contributed by atoms with Gasteiger partial charge < -0.3 is 0 Å². The maximum absolute atomic E-state index is 4.40. The minimum absolute atomic E-state index is 1.10. The van der Waals surface area contributed by atoms with Crippen molar-refractivity contribution in [1.82, 2.24) is 24.9 Å². The van der Waals surface area contributed by atoms with Gasteiger partial charge >= 0.3 is 0 Å².